The third-order valence-corrected chi connectivity index (χ3v) is 15.6. The van der Waals surface area contributed by atoms with E-state index in [2.05, 4.69) is 211 Å². The summed E-state index contributed by atoms with van der Waals surface area (Å²) in [5.74, 6) is 1.46. The van der Waals surface area contributed by atoms with Crippen LogP contribution in [0.1, 0.15) is 0 Å². The Balaban J connectivity index is 0.999. The van der Waals surface area contributed by atoms with Crippen LogP contribution in [0.25, 0.3) is 149 Å². The molecule has 0 aliphatic rings. The van der Waals surface area contributed by atoms with Gasteiger partial charge in [0, 0.05) is 71.2 Å². The van der Waals surface area contributed by atoms with Crippen LogP contribution >= 0.6 is 0 Å². The minimum absolute atomic E-state index is 0.411. The SMILES string of the molecule is [C-]#[N+]c1cc(-n2c3ccccc3c3cc(-n4c5ccccc5c5ccccc54)ccc32)c(-n2c3ccccc3c3cc(-n4c5ccccc5c5ccccc54)ccc32)cc1-c1nc(-c2ccccc2)nc(-c2ccccc2)n1. The fourth-order valence-corrected chi connectivity index (χ4v) is 12.2. The highest BCUT2D eigenvalue weighted by Crippen LogP contribution is 2.45. The zero-order valence-corrected chi connectivity index (χ0v) is 41.8. The molecule has 0 radical (unpaired) electrons. The first-order valence-corrected chi connectivity index (χ1v) is 26.1. The number of aromatic nitrogens is 7. The largest absolute Gasteiger partial charge is 0.309 e. The standard InChI is InChI=1S/C70H42N8/c1-71-57-43-67(78-63-35-19-13-29-53(63)55-41-47(37-39-65(55)78)76-60-32-16-10-26-50(60)51-27-11-17-33-61(51)76)66(42-56(57)70-73-68(44-20-4-2-5-21-44)72-69(74-70)45-22-6-3-7-23-45)77-62-34-18-12-28-52(62)54-40-46(36-38-64(54)77)75-58-30-14-8-24-48(58)49-25-9-15-31-59(49)75/h2-43H. The molecular formula is C70H42N8. The lowest BCUT2D eigenvalue weighted by Crippen LogP contribution is -2.06. The molecule has 0 fully saturated rings. The average molecular weight is 995 g/mol. The second kappa shape index (κ2) is 17.1. The lowest BCUT2D eigenvalue weighted by atomic mass is 10.1. The highest BCUT2D eigenvalue weighted by Gasteiger charge is 2.25. The fraction of sp³-hybridized carbons (Fsp3) is 0. The van der Waals surface area contributed by atoms with Gasteiger partial charge in [-0.05, 0) is 84.9 Å². The maximum atomic E-state index is 9.00. The molecule has 0 N–H and O–H groups in total. The van der Waals surface area contributed by atoms with Crippen LogP contribution in [-0.2, 0) is 0 Å². The number of hydrogen-bond acceptors (Lipinski definition) is 3. The highest BCUT2D eigenvalue weighted by molar-refractivity contribution is 6.15. The highest BCUT2D eigenvalue weighted by atomic mass is 15.1. The van der Waals surface area contributed by atoms with Crippen molar-refractivity contribution in [2.24, 2.45) is 0 Å². The minimum Gasteiger partial charge on any atom is -0.309 e. The summed E-state index contributed by atoms with van der Waals surface area (Å²) in [6.07, 6.45) is 0. The second-order valence-electron chi connectivity index (χ2n) is 19.9. The number of rotatable bonds is 7. The van der Waals surface area contributed by atoms with Crippen molar-refractivity contribution in [3.8, 4) is 56.9 Å². The van der Waals surface area contributed by atoms with Gasteiger partial charge in [-0.25, -0.2) is 19.8 Å². The number of nitrogens with zero attached hydrogens (tertiary/aromatic N) is 8. The molecule has 5 heterocycles. The van der Waals surface area contributed by atoms with E-state index < -0.39 is 0 Å². The van der Waals surface area contributed by atoms with Crippen molar-refractivity contribution in [2.45, 2.75) is 0 Å². The van der Waals surface area contributed by atoms with E-state index in [1.807, 2.05) is 66.7 Å². The Kier molecular flexibility index (Phi) is 9.53. The number of fused-ring (bicyclic) bond motifs is 12. The van der Waals surface area contributed by atoms with Crippen LogP contribution in [0.3, 0.4) is 0 Å². The van der Waals surface area contributed by atoms with Gasteiger partial charge in [0.2, 0.25) is 0 Å². The van der Waals surface area contributed by atoms with Gasteiger partial charge in [-0.1, -0.05) is 170 Å². The van der Waals surface area contributed by atoms with E-state index in [0.717, 1.165) is 99.6 Å². The summed E-state index contributed by atoms with van der Waals surface area (Å²) in [4.78, 5) is 19.9. The summed E-state index contributed by atoms with van der Waals surface area (Å²) < 4.78 is 9.48. The molecule has 0 amide bonds. The molecular weight excluding hydrogens is 953 g/mol. The number of hydrogen-bond donors (Lipinski definition) is 0. The molecule has 16 rings (SSSR count). The van der Waals surface area contributed by atoms with Gasteiger partial charge in [-0.2, -0.15) is 0 Å². The molecule has 16 aromatic rings. The van der Waals surface area contributed by atoms with Crippen LogP contribution in [0.4, 0.5) is 5.69 Å². The first-order chi connectivity index (χ1) is 38.7. The van der Waals surface area contributed by atoms with Crippen molar-refractivity contribution in [1.29, 1.82) is 0 Å². The Morgan fingerprint density at radius 2 is 0.577 bits per heavy atom. The lowest BCUT2D eigenvalue weighted by Gasteiger charge is -2.20. The van der Waals surface area contributed by atoms with Crippen molar-refractivity contribution < 1.29 is 0 Å². The van der Waals surface area contributed by atoms with Crippen LogP contribution in [-0.4, -0.2) is 33.2 Å². The van der Waals surface area contributed by atoms with Crippen LogP contribution in [0, 0.1) is 6.57 Å². The Morgan fingerprint density at radius 1 is 0.269 bits per heavy atom. The van der Waals surface area contributed by atoms with E-state index in [4.69, 9.17) is 21.5 Å². The molecule has 0 saturated heterocycles. The lowest BCUT2D eigenvalue weighted by molar-refractivity contribution is 1.07. The zero-order chi connectivity index (χ0) is 51.4. The van der Waals surface area contributed by atoms with E-state index in [0.29, 0.717) is 28.7 Å². The maximum Gasteiger partial charge on any atom is 0.200 e. The maximum absolute atomic E-state index is 9.00. The predicted molar refractivity (Wildman–Crippen MR) is 320 cm³/mol. The van der Waals surface area contributed by atoms with Crippen LogP contribution in [0.5, 0.6) is 0 Å². The smallest absolute Gasteiger partial charge is 0.200 e. The monoisotopic (exact) mass is 994 g/mol. The summed E-state index contributed by atoms with van der Waals surface area (Å²) in [5, 5.41) is 9.26. The molecule has 8 heteroatoms. The Labute approximate surface area is 447 Å². The quantitative estimate of drug-likeness (QED) is 0.149. The van der Waals surface area contributed by atoms with Crippen LogP contribution in [0.15, 0.2) is 255 Å². The fourth-order valence-electron chi connectivity index (χ4n) is 12.2. The van der Waals surface area contributed by atoms with Gasteiger partial charge in [0.1, 0.15) is 0 Å². The molecule has 0 bridgehead atoms. The second-order valence-corrected chi connectivity index (χ2v) is 19.9. The third kappa shape index (κ3) is 6.49. The molecule has 362 valence electrons. The molecule has 0 aliphatic carbocycles. The Bertz CT molecular complexity index is 5000. The molecule has 5 aromatic heterocycles. The van der Waals surface area contributed by atoms with Gasteiger partial charge >= 0.3 is 0 Å². The first kappa shape index (κ1) is 43.5. The topological polar surface area (TPSA) is 62.8 Å². The van der Waals surface area contributed by atoms with Crippen molar-refractivity contribution in [1.82, 2.24) is 33.2 Å². The number of benzene rings is 11. The van der Waals surface area contributed by atoms with Gasteiger partial charge in [-0.15, -0.1) is 0 Å². The van der Waals surface area contributed by atoms with Crippen molar-refractivity contribution >= 4 is 92.9 Å². The van der Waals surface area contributed by atoms with E-state index in [1.165, 1.54) is 21.5 Å². The molecule has 0 spiro atoms. The summed E-state index contributed by atoms with van der Waals surface area (Å²) in [6, 6.07) is 89.7. The van der Waals surface area contributed by atoms with Gasteiger partial charge in [0.25, 0.3) is 0 Å². The van der Waals surface area contributed by atoms with Crippen molar-refractivity contribution in [2.75, 3.05) is 0 Å². The van der Waals surface area contributed by atoms with Gasteiger partial charge in [0.15, 0.2) is 23.2 Å². The average Bonchev–Trinajstić information content (AvgIpc) is 4.44. The third-order valence-electron chi connectivity index (χ3n) is 15.6. The summed E-state index contributed by atoms with van der Waals surface area (Å²) in [5.41, 5.74) is 15.2. The predicted octanol–water partition coefficient (Wildman–Crippen LogP) is 17.8. The summed E-state index contributed by atoms with van der Waals surface area (Å²) in [6.45, 7) is 9.00. The van der Waals surface area contributed by atoms with Gasteiger partial charge < -0.3 is 18.3 Å². The van der Waals surface area contributed by atoms with Crippen molar-refractivity contribution in [3.05, 3.63) is 266 Å². The molecule has 78 heavy (non-hydrogen) atoms. The molecule has 11 aromatic carbocycles. The summed E-state index contributed by atoms with van der Waals surface area (Å²) >= 11 is 0. The summed E-state index contributed by atoms with van der Waals surface area (Å²) in [7, 11) is 0. The van der Waals surface area contributed by atoms with Crippen molar-refractivity contribution in [3.63, 3.8) is 0 Å². The van der Waals surface area contributed by atoms with E-state index in [9.17, 15) is 0 Å². The molecule has 0 saturated carbocycles. The van der Waals surface area contributed by atoms with E-state index in [-0.39, 0.29) is 0 Å². The number of para-hydroxylation sites is 6. The molecule has 0 unspecified atom stereocenters. The molecule has 0 atom stereocenters. The van der Waals surface area contributed by atoms with Crippen LogP contribution < -0.4 is 0 Å². The normalized spacial score (nSPS) is 11.8. The molecule has 8 nitrogen and oxygen atoms in total. The van der Waals surface area contributed by atoms with Crippen LogP contribution in [0.2, 0.25) is 0 Å². The van der Waals surface area contributed by atoms with Gasteiger partial charge in [0.05, 0.1) is 62.1 Å². The van der Waals surface area contributed by atoms with Gasteiger partial charge in [-0.3, -0.25) is 0 Å². The first-order valence-electron chi connectivity index (χ1n) is 26.1. The minimum atomic E-state index is 0.411. The Morgan fingerprint density at radius 3 is 0.962 bits per heavy atom. The van der Waals surface area contributed by atoms with E-state index in [1.54, 1.807) is 0 Å². The zero-order valence-electron chi connectivity index (χ0n) is 41.8. The molecule has 0 aliphatic heterocycles. The Hall–Kier alpha value is -10.9. The van der Waals surface area contributed by atoms with E-state index >= 15 is 0 Å².